The van der Waals surface area contributed by atoms with E-state index in [2.05, 4.69) is 15.9 Å². The van der Waals surface area contributed by atoms with Crippen LogP contribution < -0.4 is 0 Å². The molecule has 0 fully saturated rings. The van der Waals surface area contributed by atoms with Gasteiger partial charge in [-0.3, -0.25) is 0 Å². The van der Waals surface area contributed by atoms with Gasteiger partial charge in [-0.25, -0.2) is 16.8 Å². The second kappa shape index (κ2) is 6.93. The first-order chi connectivity index (χ1) is 10.4. The van der Waals surface area contributed by atoms with Crippen LogP contribution in [0.1, 0.15) is 6.42 Å². The standard InChI is InChI=1S/C15H15BrO4S2/c16-12-11-15(21(17,18)13-7-3-1-4-8-13)22(19,20)14-9-5-2-6-10-14/h1-10,15H,11-12H2. The molecule has 0 saturated carbocycles. The van der Waals surface area contributed by atoms with Crippen molar-refractivity contribution in [2.24, 2.45) is 0 Å². The molecule has 0 bridgehead atoms. The van der Waals surface area contributed by atoms with Crippen LogP contribution in [0.2, 0.25) is 0 Å². The van der Waals surface area contributed by atoms with Crippen molar-refractivity contribution in [3.8, 4) is 0 Å². The van der Waals surface area contributed by atoms with Gasteiger partial charge in [0.25, 0.3) is 0 Å². The van der Waals surface area contributed by atoms with Crippen molar-refractivity contribution in [2.45, 2.75) is 20.8 Å². The second-order valence-electron chi connectivity index (χ2n) is 4.62. The summed E-state index contributed by atoms with van der Waals surface area (Å²) in [6.45, 7) is 0. The molecule has 0 saturated heterocycles. The van der Waals surface area contributed by atoms with E-state index in [0.29, 0.717) is 0 Å². The van der Waals surface area contributed by atoms with Crippen molar-refractivity contribution in [3.63, 3.8) is 0 Å². The highest BCUT2D eigenvalue weighted by atomic mass is 79.9. The summed E-state index contributed by atoms with van der Waals surface area (Å²) in [5.74, 6) is 0. The number of alkyl halides is 1. The molecule has 0 aliphatic carbocycles. The molecule has 0 aromatic heterocycles. The fourth-order valence-electron chi connectivity index (χ4n) is 2.09. The Morgan fingerprint density at radius 2 is 1.09 bits per heavy atom. The summed E-state index contributed by atoms with van der Waals surface area (Å²) in [5, 5.41) is 0.274. The molecule has 7 heteroatoms. The molecular formula is C15H15BrO4S2. The first-order valence-corrected chi connectivity index (χ1v) is 10.8. The van der Waals surface area contributed by atoms with E-state index in [4.69, 9.17) is 0 Å². The van der Waals surface area contributed by atoms with Gasteiger partial charge in [-0.15, -0.1) is 0 Å². The van der Waals surface area contributed by atoms with Crippen molar-refractivity contribution in [1.29, 1.82) is 0 Å². The lowest BCUT2D eigenvalue weighted by atomic mass is 10.4. The molecule has 4 nitrogen and oxygen atoms in total. The van der Waals surface area contributed by atoms with E-state index in [1.807, 2.05) is 0 Å². The van der Waals surface area contributed by atoms with Crippen LogP contribution in [-0.4, -0.2) is 26.7 Å². The van der Waals surface area contributed by atoms with Crippen molar-refractivity contribution >= 4 is 35.6 Å². The third-order valence-corrected chi connectivity index (χ3v) is 8.87. The molecule has 0 heterocycles. The van der Waals surface area contributed by atoms with E-state index < -0.39 is 24.3 Å². The molecule has 0 aliphatic rings. The van der Waals surface area contributed by atoms with E-state index >= 15 is 0 Å². The van der Waals surface area contributed by atoms with Crippen LogP contribution >= 0.6 is 15.9 Å². The molecule has 0 amide bonds. The zero-order valence-electron chi connectivity index (χ0n) is 11.6. The molecule has 0 atom stereocenters. The molecule has 2 rings (SSSR count). The largest absolute Gasteiger partial charge is 0.222 e. The Bertz CT molecular complexity index is 747. The Morgan fingerprint density at radius 3 is 1.41 bits per heavy atom. The molecule has 118 valence electrons. The fourth-order valence-corrected chi connectivity index (χ4v) is 7.69. The normalized spacial score (nSPS) is 12.5. The van der Waals surface area contributed by atoms with Gasteiger partial charge in [0.15, 0.2) is 24.3 Å². The van der Waals surface area contributed by atoms with E-state index in [9.17, 15) is 16.8 Å². The summed E-state index contributed by atoms with van der Waals surface area (Å²) in [6, 6.07) is 15.3. The molecule has 0 radical (unpaired) electrons. The Balaban J connectivity index is 2.56. The van der Waals surface area contributed by atoms with Crippen molar-refractivity contribution < 1.29 is 16.8 Å². The highest BCUT2D eigenvalue weighted by Gasteiger charge is 2.39. The third kappa shape index (κ3) is 3.42. The van der Waals surface area contributed by atoms with Gasteiger partial charge in [-0.2, -0.15) is 0 Å². The molecule has 0 N–H and O–H groups in total. The monoisotopic (exact) mass is 402 g/mol. The van der Waals surface area contributed by atoms with Gasteiger partial charge in [0.1, 0.15) is 0 Å². The van der Waals surface area contributed by atoms with E-state index in [1.54, 1.807) is 36.4 Å². The Morgan fingerprint density at radius 1 is 0.727 bits per heavy atom. The summed E-state index contributed by atoms with van der Waals surface area (Å²) in [4.78, 5) is 0.0286. The first-order valence-electron chi connectivity index (χ1n) is 6.54. The minimum atomic E-state index is -3.99. The summed E-state index contributed by atoms with van der Waals surface area (Å²) >= 11 is 3.15. The van der Waals surface area contributed by atoms with Crippen molar-refractivity contribution in [2.75, 3.05) is 5.33 Å². The highest BCUT2D eigenvalue weighted by molar-refractivity contribution is 9.09. The van der Waals surface area contributed by atoms with Crippen LogP contribution in [0.5, 0.6) is 0 Å². The zero-order chi connectivity index (χ0) is 16.2. The van der Waals surface area contributed by atoms with Crippen LogP contribution in [0.4, 0.5) is 0 Å². The van der Waals surface area contributed by atoms with Crippen LogP contribution in [0.25, 0.3) is 0 Å². The molecule has 2 aromatic carbocycles. The molecule has 0 aliphatic heterocycles. The van der Waals surface area contributed by atoms with Gasteiger partial charge in [0, 0.05) is 5.33 Å². The van der Waals surface area contributed by atoms with Gasteiger partial charge < -0.3 is 0 Å². The fraction of sp³-hybridized carbons (Fsp3) is 0.200. The zero-order valence-corrected chi connectivity index (χ0v) is 14.8. The van der Waals surface area contributed by atoms with Crippen molar-refractivity contribution in [1.82, 2.24) is 0 Å². The number of rotatable bonds is 6. The molecule has 0 unspecified atom stereocenters. The quantitative estimate of drug-likeness (QED) is 0.696. The van der Waals surface area contributed by atoms with Gasteiger partial charge in [-0.05, 0) is 30.7 Å². The molecular weight excluding hydrogens is 388 g/mol. The third-order valence-electron chi connectivity index (χ3n) is 3.18. The van der Waals surface area contributed by atoms with Gasteiger partial charge in [0.05, 0.1) is 9.79 Å². The Kier molecular flexibility index (Phi) is 5.41. The van der Waals surface area contributed by atoms with E-state index in [-0.39, 0.29) is 21.5 Å². The summed E-state index contributed by atoms with van der Waals surface area (Å²) < 4.78 is 49.5. The number of hydrogen-bond acceptors (Lipinski definition) is 4. The van der Waals surface area contributed by atoms with E-state index in [0.717, 1.165) is 0 Å². The number of sulfone groups is 2. The number of halogens is 1. The second-order valence-corrected chi connectivity index (χ2v) is 9.98. The minimum Gasteiger partial charge on any atom is -0.222 e. The number of hydrogen-bond donors (Lipinski definition) is 0. The summed E-state index contributed by atoms with van der Waals surface area (Å²) in [7, 11) is -7.97. The minimum absolute atomic E-state index is 0.0143. The highest BCUT2D eigenvalue weighted by Crippen LogP contribution is 2.28. The van der Waals surface area contributed by atoms with Crippen LogP contribution in [0.3, 0.4) is 0 Å². The maximum atomic E-state index is 12.7. The molecule has 0 spiro atoms. The number of benzene rings is 2. The topological polar surface area (TPSA) is 68.3 Å². The van der Waals surface area contributed by atoms with Crippen molar-refractivity contribution in [3.05, 3.63) is 60.7 Å². The average molecular weight is 403 g/mol. The van der Waals surface area contributed by atoms with E-state index in [1.165, 1.54) is 24.3 Å². The molecule has 2 aromatic rings. The Hall–Kier alpha value is -1.18. The first kappa shape index (κ1) is 17.2. The van der Waals surface area contributed by atoms with Gasteiger partial charge in [0.2, 0.25) is 0 Å². The average Bonchev–Trinajstić information content (AvgIpc) is 2.54. The smallest absolute Gasteiger partial charge is 0.195 e. The summed E-state index contributed by atoms with van der Waals surface area (Å²) in [5.41, 5.74) is 0. The lowest BCUT2D eigenvalue weighted by Crippen LogP contribution is -2.31. The van der Waals surface area contributed by atoms with Crippen LogP contribution in [0.15, 0.2) is 70.5 Å². The SMILES string of the molecule is O=S(=O)(c1ccccc1)C(CCBr)S(=O)(=O)c1ccccc1. The van der Waals surface area contributed by atoms with Crippen LogP contribution in [0, 0.1) is 0 Å². The Labute approximate surface area is 139 Å². The summed E-state index contributed by atoms with van der Waals surface area (Å²) in [6.07, 6.45) is -0.0194. The molecule has 22 heavy (non-hydrogen) atoms. The maximum absolute atomic E-state index is 12.7. The lowest BCUT2D eigenvalue weighted by Gasteiger charge is -2.17. The maximum Gasteiger partial charge on any atom is 0.195 e. The predicted molar refractivity (Wildman–Crippen MR) is 89.5 cm³/mol. The van der Waals surface area contributed by atoms with Gasteiger partial charge >= 0.3 is 0 Å². The lowest BCUT2D eigenvalue weighted by molar-refractivity contribution is 0.572. The van der Waals surface area contributed by atoms with Gasteiger partial charge in [-0.1, -0.05) is 52.3 Å². The van der Waals surface area contributed by atoms with Crippen LogP contribution in [-0.2, 0) is 19.7 Å². The predicted octanol–water partition coefficient (Wildman–Crippen LogP) is 3.05.